The average Bonchev–Trinajstić information content (AvgIpc) is 2.88. The summed E-state index contributed by atoms with van der Waals surface area (Å²) in [6, 6.07) is 19.1. The smallest absolute Gasteiger partial charge is 0.323 e. The molecule has 0 unspecified atom stereocenters. The summed E-state index contributed by atoms with van der Waals surface area (Å²) in [5, 5.41) is 14.3. The van der Waals surface area contributed by atoms with E-state index in [1.165, 1.54) is 24.3 Å². The molecule has 0 fully saturated rings. The van der Waals surface area contributed by atoms with Gasteiger partial charge in [-0.3, -0.25) is 0 Å². The lowest BCUT2D eigenvalue weighted by atomic mass is 10.2. The number of nitriles is 1. The Balaban J connectivity index is 1.45. The van der Waals surface area contributed by atoms with Gasteiger partial charge in [0, 0.05) is 35.6 Å². The van der Waals surface area contributed by atoms with Crippen molar-refractivity contribution in [1.29, 1.82) is 5.26 Å². The first kappa shape index (κ1) is 25.7. The molecule has 0 atom stereocenters. The summed E-state index contributed by atoms with van der Waals surface area (Å²) in [5.74, 6) is -0.151. The van der Waals surface area contributed by atoms with Crippen molar-refractivity contribution < 1.29 is 23.0 Å². The first-order valence-corrected chi connectivity index (χ1v) is 11.3. The summed E-state index contributed by atoms with van der Waals surface area (Å²) >= 11 is 0. The number of benzene rings is 4. The second-order valence-electron chi connectivity index (χ2n) is 8.22. The van der Waals surface area contributed by atoms with Crippen molar-refractivity contribution in [3.8, 4) is 29.1 Å². The van der Waals surface area contributed by atoms with Crippen molar-refractivity contribution in [3.05, 3.63) is 113 Å². The predicted molar refractivity (Wildman–Crippen MR) is 139 cm³/mol. The quantitative estimate of drug-likeness (QED) is 0.256. The summed E-state index contributed by atoms with van der Waals surface area (Å²) in [7, 11) is 0. The van der Waals surface area contributed by atoms with Crippen LogP contribution in [0.15, 0.2) is 72.8 Å². The lowest BCUT2D eigenvalue weighted by molar-refractivity contribution is 0.262. The largest absolute Gasteiger partial charge is 0.457 e. The predicted octanol–water partition coefficient (Wildman–Crippen LogP) is 8.23. The van der Waals surface area contributed by atoms with Crippen LogP contribution in [-0.4, -0.2) is 6.03 Å². The average molecular weight is 511 g/mol. The molecule has 0 bridgehead atoms. The molecule has 2 amide bonds. The van der Waals surface area contributed by atoms with Crippen molar-refractivity contribution in [2.75, 3.05) is 10.6 Å². The van der Waals surface area contributed by atoms with Crippen LogP contribution in [0, 0.1) is 43.4 Å². The summed E-state index contributed by atoms with van der Waals surface area (Å²) in [6.45, 7) is 10.5. The van der Waals surface area contributed by atoms with E-state index in [1.807, 2.05) is 0 Å². The van der Waals surface area contributed by atoms with E-state index in [-0.39, 0.29) is 22.7 Å². The molecular formula is C29H20F2N4O3. The number of anilines is 2. The van der Waals surface area contributed by atoms with E-state index in [1.54, 1.807) is 56.3 Å². The van der Waals surface area contributed by atoms with Crippen molar-refractivity contribution in [3.63, 3.8) is 0 Å². The minimum absolute atomic E-state index is 0.0870. The van der Waals surface area contributed by atoms with Gasteiger partial charge in [0.1, 0.15) is 40.7 Å². The molecule has 0 aliphatic rings. The molecule has 0 heterocycles. The highest BCUT2D eigenvalue weighted by Gasteiger charge is 2.11. The van der Waals surface area contributed by atoms with E-state index in [2.05, 4.69) is 15.5 Å². The zero-order valence-corrected chi connectivity index (χ0v) is 20.3. The van der Waals surface area contributed by atoms with Gasteiger partial charge in [-0.15, -0.1) is 0 Å². The van der Waals surface area contributed by atoms with Crippen LogP contribution in [-0.2, 0) is 0 Å². The fraction of sp³-hybridized carbons (Fsp3) is 0.0690. The van der Waals surface area contributed by atoms with E-state index in [9.17, 15) is 13.6 Å². The van der Waals surface area contributed by atoms with Crippen LogP contribution in [0.1, 0.15) is 16.7 Å². The standard InChI is InChI=1S/C29H20F2N4O3/c1-17-4-7-20(12-27(17)37-22-9-6-19(16-32)24(30)14-22)34-29(36)35-21-8-5-18(2)28(13-21)38-23-10-11-26(33-3)25(31)15-23/h4-15H,1-2H3,(H2,34,35,36). The number of nitrogens with zero attached hydrogens (tertiary/aromatic N) is 2. The summed E-state index contributed by atoms with van der Waals surface area (Å²) in [5.41, 5.74) is 2.17. The van der Waals surface area contributed by atoms with Crippen LogP contribution >= 0.6 is 0 Å². The van der Waals surface area contributed by atoms with Crippen LogP contribution in [0.3, 0.4) is 0 Å². The Morgan fingerprint density at radius 1 is 0.816 bits per heavy atom. The molecular weight excluding hydrogens is 490 g/mol. The Kier molecular flexibility index (Phi) is 7.50. The van der Waals surface area contributed by atoms with Gasteiger partial charge in [-0.05, 0) is 61.4 Å². The van der Waals surface area contributed by atoms with Crippen molar-refractivity contribution >= 4 is 23.1 Å². The molecule has 2 N–H and O–H groups in total. The number of nitrogens with one attached hydrogen (secondary N) is 2. The van der Waals surface area contributed by atoms with Crippen LogP contribution in [0.4, 0.5) is 30.6 Å². The molecule has 4 rings (SSSR count). The molecule has 0 radical (unpaired) electrons. The molecule has 0 saturated heterocycles. The van der Waals surface area contributed by atoms with Gasteiger partial charge in [0.25, 0.3) is 0 Å². The fourth-order valence-corrected chi connectivity index (χ4v) is 3.41. The lowest BCUT2D eigenvalue weighted by Gasteiger charge is -2.14. The third kappa shape index (κ3) is 6.04. The Morgan fingerprint density at radius 2 is 1.34 bits per heavy atom. The normalized spacial score (nSPS) is 10.2. The highest BCUT2D eigenvalue weighted by Crippen LogP contribution is 2.32. The highest BCUT2D eigenvalue weighted by molar-refractivity contribution is 6.00. The molecule has 38 heavy (non-hydrogen) atoms. The van der Waals surface area contributed by atoms with Crippen molar-refractivity contribution in [1.82, 2.24) is 0 Å². The Hall–Kier alpha value is -5.41. The monoisotopic (exact) mass is 510 g/mol. The first-order chi connectivity index (χ1) is 18.2. The number of rotatable bonds is 6. The van der Waals surface area contributed by atoms with Gasteiger partial charge in [-0.2, -0.15) is 5.26 Å². The van der Waals surface area contributed by atoms with E-state index >= 15 is 0 Å². The molecule has 4 aromatic carbocycles. The van der Waals surface area contributed by atoms with E-state index < -0.39 is 17.7 Å². The number of halogens is 2. The second-order valence-corrected chi connectivity index (χ2v) is 8.22. The molecule has 0 spiro atoms. The summed E-state index contributed by atoms with van der Waals surface area (Å²) in [4.78, 5) is 15.7. The van der Waals surface area contributed by atoms with Crippen LogP contribution in [0.25, 0.3) is 4.85 Å². The molecule has 7 nitrogen and oxygen atoms in total. The maximum atomic E-state index is 13.9. The zero-order chi connectivity index (χ0) is 27.2. The Bertz CT molecular complexity index is 1500. The van der Waals surface area contributed by atoms with Gasteiger partial charge in [-0.1, -0.05) is 12.1 Å². The van der Waals surface area contributed by atoms with Gasteiger partial charge in [0.15, 0.2) is 0 Å². The maximum absolute atomic E-state index is 13.9. The van der Waals surface area contributed by atoms with E-state index in [0.717, 1.165) is 23.3 Å². The Labute approximate surface area is 217 Å². The minimum atomic E-state index is -0.691. The zero-order valence-electron chi connectivity index (χ0n) is 20.3. The maximum Gasteiger partial charge on any atom is 0.323 e. The highest BCUT2D eigenvalue weighted by atomic mass is 19.1. The number of amides is 2. The number of hydrogen-bond acceptors (Lipinski definition) is 4. The Morgan fingerprint density at radius 3 is 1.82 bits per heavy atom. The van der Waals surface area contributed by atoms with Gasteiger partial charge in [-0.25, -0.2) is 18.4 Å². The summed E-state index contributed by atoms with van der Waals surface area (Å²) < 4.78 is 39.4. The third-order valence-electron chi connectivity index (χ3n) is 5.45. The van der Waals surface area contributed by atoms with Crippen LogP contribution in [0.2, 0.25) is 0 Å². The molecule has 0 aliphatic carbocycles. The van der Waals surface area contributed by atoms with Crippen LogP contribution in [0.5, 0.6) is 23.0 Å². The number of carbonyl (C=O) groups excluding carboxylic acids is 1. The number of hydrogen-bond donors (Lipinski definition) is 2. The third-order valence-corrected chi connectivity index (χ3v) is 5.45. The fourth-order valence-electron chi connectivity index (χ4n) is 3.41. The lowest BCUT2D eigenvalue weighted by Crippen LogP contribution is -2.19. The van der Waals surface area contributed by atoms with Gasteiger partial charge in [0.05, 0.1) is 12.1 Å². The van der Waals surface area contributed by atoms with E-state index in [0.29, 0.717) is 22.9 Å². The topological polar surface area (TPSA) is 87.7 Å². The minimum Gasteiger partial charge on any atom is -0.457 e. The molecule has 0 saturated carbocycles. The number of ether oxygens (including phenoxy) is 2. The van der Waals surface area contributed by atoms with Crippen LogP contribution < -0.4 is 20.1 Å². The molecule has 9 heteroatoms. The number of carbonyl (C=O) groups is 1. The van der Waals surface area contributed by atoms with Crippen molar-refractivity contribution in [2.45, 2.75) is 13.8 Å². The van der Waals surface area contributed by atoms with Crippen molar-refractivity contribution in [2.24, 2.45) is 0 Å². The van der Waals surface area contributed by atoms with Gasteiger partial charge in [0.2, 0.25) is 5.69 Å². The van der Waals surface area contributed by atoms with Gasteiger partial charge < -0.3 is 20.1 Å². The van der Waals surface area contributed by atoms with E-state index in [4.69, 9.17) is 21.3 Å². The first-order valence-electron chi connectivity index (χ1n) is 11.3. The summed E-state index contributed by atoms with van der Waals surface area (Å²) in [6.07, 6.45) is 0. The molecule has 4 aromatic rings. The molecule has 188 valence electrons. The SMILES string of the molecule is [C-]#[N+]c1ccc(Oc2cc(NC(=O)Nc3ccc(C)c(Oc4ccc(C#N)c(F)c4)c3)ccc2C)cc1F. The number of urea groups is 1. The molecule has 0 aromatic heterocycles. The molecule has 0 aliphatic heterocycles. The van der Waals surface area contributed by atoms with Gasteiger partial charge >= 0.3 is 6.03 Å². The second kappa shape index (κ2) is 11.1. The number of aryl methyl sites for hydroxylation is 2.